The van der Waals surface area contributed by atoms with Crippen LogP contribution in [0.1, 0.15) is 17.5 Å². The highest BCUT2D eigenvalue weighted by Crippen LogP contribution is 2.19. The first-order chi connectivity index (χ1) is 7.90. The molecule has 0 atom stereocenters. The Morgan fingerprint density at radius 3 is 3.12 bits per heavy atom. The highest BCUT2D eigenvalue weighted by atomic mass is 32.1. The fraction of sp³-hybridized carbons (Fsp3) is 0.400. The van der Waals surface area contributed by atoms with E-state index in [9.17, 15) is 0 Å². The lowest BCUT2D eigenvalue weighted by molar-refractivity contribution is 0.107. The van der Waals surface area contributed by atoms with Gasteiger partial charge < -0.3 is 10.1 Å². The van der Waals surface area contributed by atoms with E-state index in [1.807, 2.05) is 11.4 Å². The summed E-state index contributed by atoms with van der Waals surface area (Å²) in [6.07, 6.45) is 0. The lowest BCUT2D eigenvalue weighted by atomic mass is 10.4. The standard InChI is InChI=1S/C10H13N3OS2/c1-2-11-10-9(12-13-16-10)7-14-6-8-4-3-5-15-8/h3-5,11H,2,6-7H2,1H3. The Hall–Kier alpha value is -0.980. The van der Waals surface area contributed by atoms with Crippen LogP contribution >= 0.6 is 22.9 Å². The number of anilines is 1. The number of rotatable bonds is 6. The molecule has 2 rings (SSSR count). The Morgan fingerprint density at radius 1 is 1.44 bits per heavy atom. The zero-order chi connectivity index (χ0) is 11.2. The van der Waals surface area contributed by atoms with E-state index >= 15 is 0 Å². The number of hydrogen-bond acceptors (Lipinski definition) is 6. The van der Waals surface area contributed by atoms with Gasteiger partial charge in [0.25, 0.3) is 0 Å². The zero-order valence-electron chi connectivity index (χ0n) is 8.97. The number of thiophene rings is 1. The molecule has 4 nitrogen and oxygen atoms in total. The minimum absolute atomic E-state index is 0.511. The van der Waals surface area contributed by atoms with Gasteiger partial charge in [0.05, 0.1) is 13.2 Å². The van der Waals surface area contributed by atoms with Crippen molar-refractivity contribution in [1.82, 2.24) is 9.59 Å². The molecule has 16 heavy (non-hydrogen) atoms. The number of nitrogens with zero attached hydrogens (tertiary/aromatic N) is 2. The van der Waals surface area contributed by atoms with E-state index in [0.29, 0.717) is 13.2 Å². The average Bonchev–Trinajstić information content (AvgIpc) is 2.91. The lowest BCUT2D eigenvalue weighted by Gasteiger charge is -2.02. The molecule has 2 aromatic rings. The van der Waals surface area contributed by atoms with Crippen LogP contribution in [0.25, 0.3) is 0 Å². The molecule has 0 unspecified atom stereocenters. The highest BCUT2D eigenvalue weighted by Gasteiger charge is 2.06. The van der Waals surface area contributed by atoms with Gasteiger partial charge in [0.15, 0.2) is 0 Å². The van der Waals surface area contributed by atoms with Crippen LogP contribution < -0.4 is 5.32 Å². The van der Waals surface area contributed by atoms with E-state index in [0.717, 1.165) is 17.2 Å². The summed E-state index contributed by atoms with van der Waals surface area (Å²) in [6, 6.07) is 4.09. The molecule has 0 amide bonds. The van der Waals surface area contributed by atoms with Crippen LogP contribution in [0.4, 0.5) is 5.00 Å². The van der Waals surface area contributed by atoms with Crippen LogP contribution in [0.2, 0.25) is 0 Å². The Kier molecular flexibility index (Phi) is 4.26. The monoisotopic (exact) mass is 255 g/mol. The third kappa shape index (κ3) is 3.01. The molecule has 0 aliphatic carbocycles. The fourth-order valence-corrected chi connectivity index (χ4v) is 2.52. The summed E-state index contributed by atoms with van der Waals surface area (Å²) in [5.41, 5.74) is 0.892. The predicted octanol–water partition coefficient (Wildman–Crippen LogP) is 2.75. The molecule has 2 aromatic heterocycles. The van der Waals surface area contributed by atoms with Crippen molar-refractivity contribution in [3.63, 3.8) is 0 Å². The fourth-order valence-electron chi connectivity index (χ4n) is 1.24. The Morgan fingerprint density at radius 2 is 2.38 bits per heavy atom. The highest BCUT2D eigenvalue weighted by molar-refractivity contribution is 7.10. The van der Waals surface area contributed by atoms with Crippen LogP contribution in [-0.2, 0) is 18.0 Å². The van der Waals surface area contributed by atoms with Crippen LogP contribution in [0.3, 0.4) is 0 Å². The average molecular weight is 255 g/mol. The summed E-state index contributed by atoms with van der Waals surface area (Å²) >= 11 is 3.07. The van der Waals surface area contributed by atoms with Gasteiger partial charge >= 0.3 is 0 Å². The molecule has 0 fully saturated rings. The molecule has 6 heteroatoms. The second-order valence-corrected chi connectivity index (χ2v) is 4.94. The van der Waals surface area contributed by atoms with Gasteiger partial charge in [0, 0.05) is 23.0 Å². The van der Waals surface area contributed by atoms with Gasteiger partial charge in [-0.1, -0.05) is 10.6 Å². The van der Waals surface area contributed by atoms with E-state index in [1.165, 1.54) is 16.4 Å². The molecule has 0 bridgehead atoms. The topological polar surface area (TPSA) is 47.0 Å². The summed E-state index contributed by atoms with van der Waals surface area (Å²) in [6.45, 7) is 4.08. The largest absolute Gasteiger partial charge is 0.374 e. The summed E-state index contributed by atoms with van der Waals surface area (Å²) < 4.78 is 9.49. The first-order valence-corrected chi connectivity index (χ1v) is 6.70. The van der Waals surface area contributed by atoms with Crippen molar-refractivity contribution in [2.24, 2.45) is 0 Å². The minimum atomic E-state index is 0.511. The van der Waals surface area contributed by atoms with E-state index in [4.69, 9.17) is 4.74 Å². The third-order valence-corrected chi connectivity index (χ3v) is 3.53. The lowest BCUT2D eigenvalue weighted by Crippen LogP contribution is -2.00. The smallest absolute Gasteiger partial charge is 0.135 e. The Labute approximate surface area is 102 Å². The van der Waals surface area contributed by atoms with Gasteiger partial charge in [-0.15, -0.1) is 16.4 Å². The van der Waals surface area contributed by atoms with Gasteiger partial charge in [-0.05, 0) is 18.4 Å². The molecule has 1 N–H and O–H groups in total. The van der Waals surface area contributed by atoms with Crippen molar-refractivity contribution in [1.29, 1.82) is 0 Å². The van der Waals surface area contributed by atoms with Gasteiger partial charge in [-0.3, -0.25) is 0 Å². The number of aromatic nitrogens is 2. The van der Waals surface area contributed by atoms with Crippen molar-refractivity contribution < 1.29 is 4.74 Å². The Balaban J connectivity index is 1.82. The number of ether oxygens (including phenoxy) is 1. The first-order valence-electron chi connectivity index (χ1n) is 5.05. The maximum absolute atomic E-state index is 5.58. The van der Waals surface area contributed by atoms with Crippen LogP contribution in [-0.4, -0.2) is 16.1 Å². The second kappa shape index (κ2) is 5.93. The summed E-state index contributed by atoms with van der Waals surface area (Å²) in [5, 5.41) is 10.3. The maximum atomic E-state index is 5.58. The van der Waals surface area contributed by atoms with Crippen LogP contribution in [0.15, 0.2) is 17.5 Å². The van der Waals surface area contributed by atoms with Crippen LogP contribution in [0, 0.1) is 0 Å². The number of nitrogens with one attached hydrogen (secondary N) is 1. The first kappa shape index (κ1) is 11.5. The Bertz CT molecular complexity index is 413. The van der Waals surface area contributed by atoms with E-state index in [-0.39, 0.29) is 0 Å². The van der Waals surface area contributed by atoms with E-state index < -0.39 is 0 Å². The second-order valence-electron chi connectivity index (χ2n) is 3.15. The van der Waals surface area contributed by atoms with Crippen molar-refractivity contribution in [2.45, 2.75) is 20.1 Å². The molecule has 2 heterocycles. The van der Waals surface area contributed by atoms with Crippen molar-refractivity contribution in [3.05, 3.63) is 28.1 Å². The maximum Gasteiger partial charge on any atom is 0.135 e. The van der Waals surface area contributed by atoms with Crippen molar-refractivity contribution in [2.75, 3.05) is 11.9 Å². The summed E-state index contributed by atoms with van der Waals surface area (Å²) in [5.74, 6) is 0. The molecule has 0 saturated heterocycles. The van der Waals surface area contributed by atoms with Gasteiger partial charge in [-0.25, -0.2) is 0 Å². The minimum Gasteiger partial charge on any atom is -0.374 e. The molecule has 0 aromatic carbocycles. The molecular formula is C10H13N3OS2. The third-order valence-electron chi connectivity index (χ3n) is 1.96. The normalized spacial score (nSPS) is 10.6. The van der Waals surface area contributed by atoms with E-state index in [1.54, 1.807) is 11.3 Å². The molecule has 0 spiro atoms. The molecule has 0 radical (unpaired) electrons. The van der Waals surface area contributed by atoms with Gasteiger partial charge in [0.2, 0.25) is 0 Å². The molecule has 0 aliphatic heterocycles. The number of hydrogen-bond donors (Lipinski definition) is 1. The SMILES string of the molecule is CCNc1snnc1COCc1cccs1. The molecule has 0 saturated carbocycles. The van der Waals surface area contributed by atoms with Crippen molar-refractivity contribution in [3.8, 4) is 0 Å². The summed E-state index contributed by atoms with van der Waals surface area (Å²) in [7, 11) is 0. The predicted molar refractivity (Wildman–Crippen MR) is 66.9 cm³/mol. The van der Waals surface area contributed by atoms with E-state index in [2.05, 4.69) is 27.9 Å². The van der Waals surface area contributed by atoms with Crippen molar-refractivity contribution >= 4 is 27.9 Å². The van der Waals surface area contributed by atoms with Gasteiger partial charge in [-0.2, -0.15) is 0 Å². The van der Waals surface area contributed by atoms with Gasteiger partial charge in [0.1, 0.15) is 10.7 Å². The quantitative estimate of drug-likeness (QED) is 0.862. The van der Waals surface area contributed by atoms with Crippen LogP contribution in [0.5, 0.6) is 0 Å². The zero-order valence-corrected chi connectivity index (χ0v) is 10.6. The molecular weight excluding hydrogens is 242 g/mol. The summed E-state index contributed by atoms with van der Waals surface area (Å²) in [4.78, 5) is 1.23. The molecule has 86 valence electrons. The molecule has 0 aliphatic rings.